The summed E-state index contributed by atoms with van der Waals surface area (Å²) in [6.07, 6.45) is 4.89. The molecule has 1 atom stereocenters. The van der Waals surface area contributed by atoms with Crippen molar-refractivity contribution in [2.45, 2.75) is 31.8 Å². The summed E-state index contributed by atoms with van der Waals surface area (Å²) in [6.45, 7) is 0.759. The first-order valence-corrected chi connectivity index (χ1v) is 9.28. The first kappa shape index (κ1) is 17.3. The maximum absolute atomic E-state index is 12.6. The highest BCUT2D eigenvalue weighted by Gasteiger charge is 2.26. The number of amides is 1. The molecule has 0 saturated heterocycles. The largest absolute Gasteiger partial charge is 0.497 e. The first-order chi connectivity index (χ1) is 13.2. The van der Waals surface area contributed by atoms with E-state index in [1.165, 1.54) is 11.3 Å². The lowest BCUT2D eigenvalue weighted by atomic mass is 9.92. The first-order valence-electron chi connectivity index (χ1n) is 9.28. The smallest absolute Gasteiger partial charge is 0.251 e. The lowest BCUT2D eigenvalue weighted by molar-refractivity contribution is 0.0932. The van der Waals surface area contributed by atoms with Crippen LogP contribution in [0.3, 0.4) is 0 Å². The molecule has 4 rings (SSSR count). The van der Waals surface area contributed by atoms with Crippen LogP contribution in [0.15, 0.2) is 60.8 Å². The summed E-state index contributed by atoms with van der Waals surface area (Å²) in [5, 5.41) is 7.77. The second-order valence-electron chi connectivity index (χ2n) is 6.84. The summed E-state index contributed by atoms with van der Waals surface area (Å²) in [6, 6.07) is 17.5. The molecule has 1 N–H and O–H groups in total. The van der Waals surface area contributed by atoms with E-state index in [9.17, 15) is 4.79 Å². The van der Waals surface area contributed by atoms with E-state index in [4.69, 9.17) is 4.74 Å². The van der Waals surface area contributed by atoms with Gasteiger partial charge in [0, 0.05) is 16.8 Å². The molecular formula is C22H23N3O2. The molecule has 0 spiro atoms. The Morgan fingerprint density at radius 2 is 1.96 bits per heavy atom. The number of ether oxygens (including phenoxy) is 1. The fourth-order valence-electron chi connectivity index (χ4n) is 3.65. The lowest BCUT2D eigenvalue weighted by Crippen LogP contribution is -2.31. The van der Waals surface area contributed by atoms with E-state index in [1.54, 1.807) is 31.4 Å². The molecule has 1 amide bonds. The summed E-state index contributed by atoms with van der Waals surface area (Å²) in [7, 11) is 1.62. The molecule has 0 bridgehead atoms. The minimum Gasteiger partial charge on any atom is -0.497 e. The molecule has 0 fully saturated rings. The molecule has 0 aliphatic heterocycles. The molecule has 0 radical (unpaired) electrons. The third-order valence-electron chi connectivity index (χ3n) is 5.10. The highest BCUT2D eigenvalue weighted by molar-refractivity contribution is 5.94. The van der Waals surface area contributed by atoms with E-state index in [2.05, 4.69) is 27.2 Å². The minimum absolute atomic E-state index is 0.00729. The van der Waals surface area contributed by atoms with Gasteiger partial charge in [-0.1, -0.05) is 30.3 Å². The molecular weight excluding hydrogens is 338 g/mol. The Kier molecular flexibility index (Phi) is 4.92. The second-order valence-corrected chi connectivity index (χ2v) is 6.84. The Morgan fingerprint density at radius 3 is 2.70 bits per heavy atom. The number of nitrogens with zero attached hydrogens (tertiary/aromatic N) is 2. The van der Waals surface area contributed by atoms with E-state index < -0.39 is 0 Å². The van der Waals surface area contributed by atoms with Crippen LogP contribution in [0.1, 0.15) is 46.1 Å². The Balaban J connectivity index is 1.50. The third kappa shape index (κ3) is 3.72. The van der Waals surface area contributed by atoms with Gasteiger partial charge in [0.05, 0.1) is 25.9 Å². The number of benzene rings is 2. The maximum Gasteiger partial charge on any atom is 0.251 e. The van der Waals surface area contributed by atoms with Crippen molar-refractivity contribution in [1.29, 1.82) is 0 Å². The Morgan fingerprint density at radius 1 is 1.19 bits per heavy atom. The van der Waals surface area contributed by atoms with Gasteiger partial charge in [-0.3, -0.25) is 9.48 Å². The normalized spacial score (nSPS) is 15.8. The van der Waals surface area contributed by atoms with Crippen LogP contribution >= 0.6 is 0 Å². The number of hydrogen-bond donors (Lipinski definition) is 1. The van der Waals surface area contributed by atoms with Crippen molar-refractivity contribution in [3.63, 3.8) is 0 Å². The Labute approximate surface area is 159 Å². The number of aromatic nitrogens is 2. The zero-order valence-corrected chi connectivity index (χ0v) is 15.4. The van der Waals surface area contributed by atoms with Crippen LogP contribution in [-0.2, 0) is 13.0 Å². The van der Waals surface area contributed by atoms with E-state index in [0.29, 0.717) is 5.56 Å². The molecule has 5 nitrogen and oxygen atoms in total. The molecule has 138 valence electrons. The molecule has 0 unspecified atom stereocenters. The van der Waals surface area contributed by atoms with Gasteiger partial charge in [0.15, 0.2) is 0 Å². The van der Waals surface area contributed by atoms with Crippen LogP contribution in [-0.4, -0.2) is 22.8 Å². The summed E-state index contributed by atoms with van der Waals surface area (Å²) in [4.78, 5) is 12.6. The monoisotopic (exact) mass is 361 g/mol. The second kappa shape index (κ2) is 7.66. The molecule has 0 saturated carbocycles. The average molecular weight is 361 g/mol. The van der Waals surface area contributed by atoms with Crippen LogP contribution in [0, 0.1) is 0 Å². The summed E-state index contributed by atoms with van der Waals surface area (Å²) in [5.41, 5.74) is 4.23. The molecule has 1 heterocycles. The zero-order chi connectivity index (χ0) is 18.6. The number of methoxy groups -OCH3 is 1. The van der Waals surface area contributed by atoms with Crippen molar-refractivity contribution in [2.75, 3.05) is 7.11 Å². The van der Waals surface area contributed by atoms with E-state index in [0.717, 1.165) is 37.1 Å². The van der Waals surface area contributed by atoms with E-state index >= 15 is 0 Å². The van der Waals surface area contributed by atoms with Crippen LogP contribution in [0.2, 0.25) is 0 Å². The zero-order valence-electron chi connectivity index (χ0n) is 15.4. The van der Waals surface area contributed by atoms with Crippen molar-refractivity contribution in [3.8, 4) is 5.75 Å². The summed E-state index contributed by atoms with van der Waals surface area (Å²) >= 11 is 0. The molecule has 1 aromatic heterocycles. The van der Waals surface area contributed by atoms with E-state index in [-0.39, 0.29) is 11.9 Å². The quantitative estimate of drug-likeness (QED) is 0.753. The standard InChI is InChI=1S/C22H23N3O2/c1-27-18-12-10-17(11-13-18)22(26)24-20-8-5-9-21-19(20)14-23-25(21)15-16-6-3-2-4-7-16/h2-4,6-7,10-14,20H,5,8-9,15H2,1H3,(H,24,26)/t20-/m1/s1. The topological polar surface area (TPSA) is 56.1 Å². The number of hydrogen-bond acceptors (Lipinski definition) is 3. The number of rotatable bonds is 5. The fourth-order valence-corrected chi connectivity index (χ4v) is 3.65. The van der Waals surface area contributed by atoms with Gasteiger partial charge in [0.2, 0.25) is 0 Å². The van der Waals surface area contributed by atoms with Crippen LogP contribution in [0.4, 0.5) is 0 Å². The van der Waals surface area contributed by atoms with Crippen LogP contribution in [0.25, 0.3) is 0 Å². The minimum atomic E-state index is -0.0636. The predicted molar refractivity (Wildman–Crippen MR) is 104 cm³/mol. The van der Waals surface area contributed by atoms with Gasteiger partial charge < -0.3 is 10.1 Å². The third-order valence-corrected chi connectivity index (χ3v) is 5.10. The van der Waals surface area contributed by atoms with Crippen LogP contribution < -0.4 is 10.1 Å². The lowest BCUT2D eigenvalue weighted by Gasteiger charge is -2.24. The van der Waals surface area contributed by atoms with Crippen molar-refractivity contribution in [3.05, 3.63) is 83.2 Å². The van der Waals surface area contributed by atoms with Crippen molar-refractivity contribution in [2.24, 2.45) is 0 Å². The summed E-state index contributed by atoms with van der Waals surface area (Å²) in [5.74, 6) is 0.681. The van der Waals surface area contributed by atoms with Gasteiger partial charge in [-0.05, 0) is 49.1 Å². The summed E-state index contributed by atoms with van der Waals surface area (Å²) < 4.78 is 7.22. The number of carbonyl (C=O) groups excluding carboxylic acids is 1. The van der Waals surface area contributed by atoms with Gasteiger partial charge in [-0.15, -0.1) is 0 Å². The van der Waals surface area contributed by atoms with Crippen molar-refractivity contribution < 1.29 is 9.53 Å². The molecule has 3 aromatic rings. The molecule has 1 aliphatic rings. The molecule has 1 aliphatic carbocycles. The van der Waals surface area contributed by atoms with Gasteiger partial charge in [0.1, 0.15) is 5.75 Å². The fraction of sp³-hybridized carbons (Fsp3) is 0.273. The Bertz CT molecular complexity index is 916. The highest BCUT2D eigenvalue weighted by atomic mass is 16.5. The average Bonchev–Trinajstić information content (AvgIpc) is 3.13. The highest BCUT2D eigenvalue weighted by Crippen LogP contribution is 2.30. The van der Waals surface area contributed by atoms with Gasteiger partial charge in [0.25, 0.3) is 5.91 Å². The number of carbonyl (C=O) groups is 1. The Hall–Kier alpha value is -3.08. The van der Waals surface area contributed by atoms with Crippen LogP contribution in [0.5, 0.6) is 5.75 Å². The van der Waals surface area contributed by atoms with Crippen molar-refractivity contribution >= 4 is 5.91 Å². The van der Waals surface area contributed by atoms with Crippen molar-refractivity contribution in [1.82, 2.24) is 15.1 Å². The van der Waals surface area contributed by atoms with Gasteiger partial charge >= 0.3 is 0 Å². The number of nitrogens with one attached hydrogen (secondary N) is 1. The SMILES string of the molecule is COc1ccc(C(=O)N[C@@H]2CCCc3c2cnn3Cc2ccccc2)cc1. The van der Waals surface area contributed by atoms with Gasteiger partial charge in [-0.25, -0.2) is 0 Å². The maximum atomic E-state index is 12.6. The molecule has 2 aromatic carbocycles. The molecule has 27 heavy (non-hydrogen) atoms. The number of fused-ring (bicyclic) bond motifs is 1. The van der Waals surface area contributed by atoms with E-state index in [1.807, 2.05) is 24.4 Å². The molecule has 5 heteroatoms. The van der Waals surface area contributed by atoms with Gasteiger partial charge in [-0.2, -0.15) is 5.10 Å². The predicted octanol–water partition coefficient (Wildman–Crippen LogP) is 3.75.